The van der Waals surface area contributed by atoms with Gasteiger partial charge in [-0.3, -0.25) is 14.4 Å². The van der Waals surface area contributed by atoms with E-state index in [0.29, 0.717) is 23.8 Å². The predicted octanol–water partition coefficient (Wildman–Crippen LogP) is 3.09. The number of rotatable bonds is 8. The maximum atomic E-state index is 12.4. The summed E-state index contributed by atoms with van der Waals surface area (Å²) in [4.78, 5) is 15.1. The highest BCUT2D eigenvalue weighted by molar-refractivity contribution is 7.92. The zero-order valence-electron chi connectivity index (χ0n) is 16.1. The van der Waals surface area contributed by atoms with Gasteiger partial charge in [0.05, 0.1) is 4.90 Å². The standard InChI is InChI=1S/C21H27N3O3S/c1-2-19(24-14-6-7-15-24)16-22-21(25)17-10-12-18(13-11-17)23-28(26,27)20-8-4-3-5-9-20/h3-5,8-13,19,23H,2,6-7,14-16H2,1H3,(H,22,25). The molecule has 1 heterocycles. The Bertz CT molecular complexity index is 877. The predicted molar refractivity (Wildman–Crippen MR) is 111 cm³/mol. The molecule has 0 aliphatic carbocycles. The second-order valence-electron chi connectivity index (χ2n) is 7.01. The maximum Gasteiger partial charge on any atom is 0.261 e. The van der Waals surface area contributed by atoms with E-state index in [1.807, 2.05) is 0 Å². The molecule has 3 rings (SSSR count). The normalized spacial score (nSPS) is 15.9. The Morgan fingerprint density at radius 1 is 1.04 bits per heavy atom. The van der Waals surface area contributed by atoms with Gasteiger partial charge in [0.2, 0.25) is 0 Å². The molecular formula is C21H27N3O3S. The first-order chi connectivity index (χ1) is 13.5. The Morgan fingerprint density at radius 2 is 1.68 bits per heavy atom. The van der Waals surface area contributed by atoms with Gasteiger partial charge in [0.1, 0.15) is 0 Å². The molecule has 0 saturated carbocycles. The number of sulfonamides is 1. The number of carbonyl (C=O) groups is 1. The summed E-state index contributed by atoms with van der Waals surface area (Å²) in [5.74, 6) is -0.143. The molecular weight excluding hydrogens is 374 g/mol. The Morgan fingerprint density at radius 3 is 2.29 bits per heavy atom. The quantitative estimate of drug-likeness (QED) is 0.712. The number of hydrogen-bond donors (Lipinski definition) is 2. The largest absolute Gasteiger partial charge is 0.350 e. The van der Waals surface area contributed by atoms with Crippen molar-refractivity contribution in [2.45, 2.75) is 37.1 Å². The third-order valence-corrected chi connectivity index (χ3v) is 6.48. The molecule has 6 nitrogen and oxygen atoms in total. The van der Waals surface area contributed by atoms with Crippen LogP contribution in [0.2, 0.25) is 0 Å². The summed E-state index contributed by atoms with van der Waals surface area (Å²) in [5.41, 5.74) is 0.933. The van der Waals surface area contributed by atoms with Gasteiger partial charge in [0, 0.05) is 23.8 Å². The van der Waals surface area contributed by atoms with Crippen LogP contribution in [0.1, 0.15) is 36.5 Å². The smallest absolute Gasteiger partial charge is 0.261 e. The van der Waals surface area contributed by atoms with E-state index >= 15 is 0 Å². The van der Waals surface area contributed by atoms with Crippen LogP contribution in [-0.2, 0) is 10.0 Å². The Hall–Kier alpha value is -2.38. The molecule has 7 heteroatoms. The number of anilines is 1. The van der Waals surface area contributed by atoms with Crippen LogP contribution in [0.3, 0.4) is 0 Å². The van der Waals surface area contributed by atoms with Gasteiger partial charge in [-0.2, -0.15) is 0 Å². The fourth-order valence-corrected chi connectivity index (χ4v) is 4.53. The van der Waals surface area contributed by atoms with Gasteiger partial charge in [-0.05, 0) is 68.8 Å². The first kappa shape index (κ1) is 20.4. The Balaban J connectivity index is 1.58. The van der Waals surface area contributed by atoms with Crippen molar-refractivity contribution in [2.75, 3.05) is 24.4 Å². The van der Waals surface area contributed by atoms with Crippen molar-refractivity contribution in [1.82, 2.24) is 10.2 Å². The lowest BCUT2D eigenvalue weighted by molar-refractivity contribution is 0.0937. The lowest BCUT2D eigenvalue weighted by Crippen LogP contribution is -2.42. The average Bonchev–Trinajstić information content (AvgIpc) is 3.24. The van der Waals surface area contributed by atoms with Gasteiger partial charge >= 0.3 is 0 Å². The Labute approximate surface area is 167 Å². The van der Waals surface area contributed by atoms with Gasteiger partial charge in [-0.25, -0.2) is 8.42 Å². The molecule has 1 atom stereocenters. The number of nitrogens with zero attached hydrogens (tertiary/aromatic N) is 1. The van der Waals surface area contributed by atoms with Gasteiger partial charge in [-0.15, -0.1) is 0 Å². The summed E-state index contributed by atoms with van der Waals surface area (Å²) < 4.78 is 27.3. The van der Waals surface area contributed by atoms with Gasteiger partial charge < -0.3 is 5.32 Å². The Kier molecular flexibility index (Phi) is 6.70. The van der Waals surface area contributed by atoms with E-state index in [0.717, 1.165) is 19.5 Å². The van der Waals surface area contributed by atoms with E-state index in [1.54, 1.807) is 42.5 Å². The number of benzene rings is 2. The van der Waals surface area contributed by atoms with Gasteiger partial charge in [0.25, 0.3) is 15.9 Å². The monoisotopic (exact) mass is 401 g/mol. The zero-order chi connectivity index (χ0) is 20.0. The molecule has 1 aliphatic heterocycles. The van der Waals surface area contributed by atoms with E-state index in [-0.39, 0.29) is 10.8 Å². The number of nitrogens with one attached hydrogen (secondary N) is 2. The van der Waals surface area contributed by atoms with E-state index in [4.69, 9.17) is 0 Å². The van der Waals surface area contributed by atoms with Crippen molar-refractivity contribution >= 4 is 21.6 Å². The highest BCUT2D eigenvalue weighted by Crippen LogP contribution is 2.17. The van der Waals surface area contributed by atoms with Crippen LogP contribution in [0.15, 0.2) is 59.5 Å². The molecule has 28 heavy (non-hydrogen) atoms. The topological polar surface area (TPSA) is 78.5 Å². The molecule has 150 valence electrons. The molecule has 0 bridgehead atoms. The average molecular weight is 402 g/mol. The van der Waals surface area contributed by atoms with Crippen molar-refractivity contribution in [2.24, 2.45) is 0 Å². The molecule has 1 aliphatic rings. The zero-order valence-corrected chi connectivity index (χ0v) is 16.9. The van der Waals surface area contributed by atoms with Crippen molar-refractivity contribution < 1.29 is 13.2 Å². The van der Waals surface area contributed by atoms with Crippen LogP contribution < -0.4 is 10.0 Å². The van der Waals surface area contributed by atoms with E-state index < -0.39 is 10.0 Å². The van der Waals surface area contributed by atoms with Crippen LogP contribution in [0.25, 0.3) is 0 Å². The first-order valence-corrected chi connectivity index (χ1v) is 11.2. The lowest BCUT2D eigenvalue weighted by Gasteiger charge is -2.26. The van der Waals surface area contributed by atoms with Crippen molar-refractivity contribution in [3.8, 4) is 0 Å². The van der Waals surface area contributed by atoms with Crippen LogP contribution >= 0.6 is 0 Å². The fourth-order valence-electron chi connectivity index (χ4n) is 3.45. The van der Waals surface area contributed by atoms with E-state index in [1.165, 1.54) is 25.0 Å². The first-order valence-electron chi connectivity index (χ1n) is 9.70. The van der Waals surface area contributed by atoms with Crippen LogP contribution in [-0.4, -0.2) is 44.9 Å². The minimum absolute atomic E-state index is 0.143. The molecule has 1 unspecified atom stereocenters. The molecule has 2 aromatic carbocycles. The third kappa shape index (κ3) is 5.11. The number of likely N-dealkylation sites (tertiary alicyclic amines) is 1. The summed E-state index contributed by atoms with van der Waals surface area (Å²) in [7, 11) is -3.64. The summed E-state index contributed by atoms with van der Waals surface area (Å²) in [6.07, 6.45) is 3.45. The minimum atomic E-state index is -3.64. The highest BCUT2D eigenvalue weighted by atomic mass is 32.2. The van der Waals surface area contributed by atoms with Gasteiger partial charge in [-0.1, -0.05) is 25.1 Å². The SMILES string of the molecule is CCC(CNC(=O)c1ccc(NS(=O)(=O)c2ccccc2)cc1)N1CCCC1. The minimum Gasteiger partial charge on any atom is -0.350 e. The van der Waals surface area contributed by atoms with Crippen molar-refractivity contribution in [1.29, 1.82) is 0 Å². The second-order valence-corrected chi connectivity index (χ2v) is 8.69. The molecule has 1 fully saturated rings. The van der Waals surface area contributed by atoms with Crippen LogP contribution in [0, 0.1) is 0 Å². The molecule has 0 spiro atoms. The van der Waals surface area contributed by atoms with Gasteiger partial charge in [0.15, 0.2) is 0 Å². The van der Waals surface area contributed by atoms with Crippen LogP contribution in [0.5, 0.6) is 0 Å². The second kappa shape index (κ2) is 9.21. The maximum absolute atomic E-state index is 12.4. The summed E-state index contributed by atoms with van der Waals surface area (Å²) in [6.45, 7) is 4.97. The van der Waals surface area contributed by atoms with Crippen molar-refractivity contribution in [3.63, 3.8) is 0 Å². The highest BCUT2D eigenvalue weighted by Gasteiger charge is 2.21. The molecule has 0 aromatic heterocycles. The van der Waals surface area contributed by atoms with E-state index in [2.05, 4.69) is 21.9 Å². The molecule has 1 saturated heterocycles. The number of amides is 1. The summed E-state index contributed by atoms with van der Waals surface area (Å²) in [6, 6.07) is 15.0. The summed E-state index contributed by atoms with van der Waals surface area (Å²) >= 11 is 0. The molecule has 0 radical (unpaired) electrons. The molecule has 1 amide bonds. The number of hydrogen-bond acceptors (Lipinski definition) is 4. The van der Waals surface area contributed by atoms with E-state index in [9.17, 15) is 13.2 Å². The lowest BCUT2D eigenvalue weighted by atomic mass is 10.1. The molecule has 2 aromatic rings. The third-order valence-electron chi connectivity index (χ3n) is 5.08. The van der Waals surface area contributed by atoms with Crippen molar-refractivity contribution in [3.05, 3.63) is 60.2 Å². The number of carbonyl (C=O) groups excluding carboxylic acids is 1. The van der Waals surface area contributed by atoms with Crippen LogP contribution in [0.4, 0.5) is 5.69 Å². The summed E-state index contributed by atoms with van der Waals surface area (Å²) in [5, 5.41) is 3.00. The molecule has 2 N–H and O–H groups in total. The fraction of sp³-hybridized carbons (Fsp3) is 0.381.